The van der Waals surface area contributed by atoms with E-state index in [1.165, 1.54) is 213 Å². The zero-order valence-corrected chi connectivity index (χ0v) is 75.6. The molecule has 0 spiro atoms. The van der Waals surface area contributed by atoms with Gasteiger partial charge in [-0.15, -0.1) is 0 Å². The number of rotatable bonds is 4. The van der Waals surface area contributed by atoms with Crippen molar-refractivity contribution in [3.8, 4) is 0 Å². The maximum atomic E-state index is 2.52. The van der Waals surface area contributed by atoms with Crippen LogP contribution in [-0.2, 0) is 0 Å². The third-order valence-corrected chi connectivity index (χ3v) is 49.9. The molecule has 12 heterocycles. The van der Waals surface area contributed by atoms with Crippen LogP contribution < -0.4 is 0 Å². The molecule has 0 unspecified atom stereocenters. The molecule has 0 atom stereocenters. The van der Waals surface area contributed by atoms with Crippen molar-refractivity contribution in [3.63, 3.8) is 0 Å². The normalized spacial score (nSPS) is 19.7. The van der Waals surface area contributed by atoms with Crippen molar-refractivity contribution in [1.29, 1.82) is 0 Å². The van der Waals surface area contributed by atoms with E-state index in [-0.39, 0.29) is 0 Å². The smallest absolute Gasteiger partial charge is 0.0717 e. The van der Waals surface area contributed by atoms with E-state index in [2.05, 4.69) is 255 Å². The SMILES string of the molecule is C(C=C1C(=C2Sc3ccccc3S2)C(=C2Sc3ccccc3S2)C(=C2Sc3ccccc3S2)C1=C1Sc2ccccc2S1)=C1SC2=C(S1)SC(=CC(=C1SC3=C(SC(=CC=C4C(=C5Sc6ccccc6S5)C(=C5Sc6ccccc6S5)C(=C5Sc6ccccc6S5)C4=C4Sc5ccccc5S4)S3)S1)c1ccccc1)S2. The summed E-state index contributed by atoms with van der Waals surface area (Å²) >= 11 is 46.8. The van der Waals surface area contributed by atoms with Crippen LogP contribution in [0.15, 0.2) is 457 Å². The molecule has 2 saturated carbocycles. The van der Waals surface area contributed by atoms with Gasteiger partial charge in [0, 0.05) is 128 Å². The Morgan fingerprint density at radius 2 is 0.355 bits per heavy atom. The van der Waals surface area contributed by atoms with E-state index in [0.29, 0.717) is 0 Å². The van der Waals surface area contributed by atoms with Crippen LogP contribution in [0.3, 0.4) is 0 Å². The number of fused-ring (bicyclic) bond motifs is 8. The van der Waals surface area contributed by atoms with E-state index < -0.39 is 0 Å². The molecule has 2 aliphatic carbocycles. The van der Waals surface area contributed by atoms with Gasteiger partial charge in [-0.25, -0.2) is 0 Å². The Hall–Kier alpha value is -2.78. The summed E-state index contributed by atoms with van der Waals surface area (Å²) in [5, 5.41) is 0. The monoisotopic (exact) mass is 1840 g/mol. The summed E-state index contributed by atoms with van der Waals surface area (Å²) in [6.07, 6.45) is 12.5. The average molecular weight is 1840 g/mol. The van der Waals surface area contributed by atoms with Gasteiger partial charge in [0.15, 0.2) is 0 Å². The van der Waals surface area contributed by atoms with E-state index in [9.17, 15) is 0 Å². The highest BCUT2D eigenvalue weighted by Gasteiger charge is 2.47. The maximum Gasteiger partial charge on any atom is 0.0717 e. The van der Waals surface area contributed by atoms with Crippen LogP contribution in [0.5, 0.6) is 0 Å². The molecule has 2 fully saturated rings. The van der Waals surface area contributed by atoms with Crippen LogP contribution in [0.2, 0.25) is 0 Å². The average Bonchev–Trinajstić information content (AvgIpc) is 1.56. The van der Waals surface area contributed by atoms with Gasteiger partial charge in [-0.05, 0) is 132 Å². The molecule has 0 aromatic heterocycles. The molecule has 0 N–H and O–H groups in total. The summed E-state index contributed by atoms with van der Waals surface area (Å²) in [6.45, 7) is 0. The molecule has 110 heavy (non-hydrogen) atoms. The summed E-state index contributed by atoms with van der Waals surface area (Å²) in [4.78, 5) is 21.3. The Labute approximate surface area is 739 Å². The first-order chi connectivity index (χ1) is 54.4. The second kappa shape index (κ2) is 30.9. The summed E-state index contributed by atoms with van der Waals surface area (Å²) < 4.78 is 21.6. The fourth-order valence-corrected chi connectivity index (χ4v) is 46.8. The second-order valence-corrected chi connectivity index (χ2v) is 54.5. The third kappa shape index (κ3) is 13.5. The van der Waals surface area contributed by atoms with Gasteiger partial charge in [-0.1, -0.05) is 422 Å². The molecule has 23 rings (SSSR count). The lowest BCUT2D eigenvalue weighted by atomic mass is 10.1. The minimum absolute atomic E-state index is 1.25. The minimum atomic E-state index is 1.25. The Morgan fingerprint density at radius 1 is 0.164 bits per heavy atom. The van der Waals surface area contributed by atoms with E-state index in [1.807, 2.05) is 282 Å². The largest absolute Gasteiger partial charge is 0.0809 e. The predicted molar refractivity (Wildman–Crippen MR) is 510 cm³/mol. The van der Waals surface area contributed by atoms with Crippen molar-refractivity contribution >= 4 is 288 Å². The van der Waals surface area contributed by atoms with Crippen LogP contribution >= 0.6 is 282 Å². The predicted octanol–water partition coefficient (Wildman–Crippen LogP) is 34.8. The highest BCUT2D eigenvalue weighted by Crippen LogP contribution is 2.74. The van der Waals surface area contributed by atoms with Crippen molar-refractivity contribution < 1.29 is 0 Å². The quantitative estimate of drug-likeness (QED) is 0.164. The van der Waals surface area contributed by atoms with Gasteiger partial charge in [-0.3, -0.25) is 0 Å². The van der Waals surface area contributed by atoms with E-state index in [0.717, 1.165) is 0 Å². The molecular weight excluding hydrogens is 1800 g/mol. The first-order valence-corrected chi connectivity index (χ1v) is 53.8. The van der Waals surface area contributed by atoms with Crippen molar-refractivity contribution in [2.45, 2.75) is 78.3 Å². The molecule has 0 nitrogen and oxygen atoms in total. The summed E-state index contributed by atoms with van der Waals surface area (Å²) in [7, 11) is 0. The molecule has 0 amide bonds. The van der Waals surface area contributed by atoms with Crippen molar-refractivity contribution in [2.24, 2.45) is 0 Å². The number of thioether (sulfide) groups is 24. The third-order valence-electron chi connectivity index (χ3n) is 18.4. The van der Waals surface area contributed by atoms with Gasteiger partial charge in [0.05, 0.1) is 67.8 Å². The molecule has 0 radical (unpaired) electrons. The van der Waals surface area contributed by atoms with Crippen LogP contribution in [-0.4, -0.2) is 0 Å². The molecule has 0 saturated heterocycles. The second-order valence-electron chi connectivity index (χ2n) is 25.1. The molecule has 12 aliphatic heterocycles. The molecule has 0 bridgehead atoms. The maximum absolute atomic E-state index is 2.52. The molecule has 9 aromatic carbocycles. The Balaban J connectivity index is 0.579. The molecule has 24 heteroatoms. The first-order valence-electron chi connectivity index (χ1n) is 34.2. The number of benzene rings is 9. The lowest BCUT2D eigenvalue weighted by Crippen LogP contribution is -1.90. The number of hydrogen-bond acceptors (Lipinski definition) is 24. The Morgan fingerprint density at radius 3 is 0.582 bits per heavy atom. The summed E-state index contributed by atoms with van der Waals surface area (Å²) in [6, 6.07) is 83.1. The van der Waals surface area contributed by atoms with Gasteiger partial charge in [-0.2, -0.15) is 0 Å². The summed E-state index contributed by atoms with van der Waals surface area (Å²) in [5.74, 6) is 0. The standard InChI is InChI=1S/C86H42S24/c1-2-20-43(21-3-1)46(74-109-85-86(110-74)106-64(105-85)41-39-45-68(77-91-51-26-8-9-27-52(51)92-77)72(81-99-59-34-16-17-35-60(59)100-81)73(82-101-61-36-18-19-37-62(61)102-82)69(45)78-93-53-28-10-11-29-54(53)94-78)42-65-107-83-84(108-65)104-63(103-83)40-38-44-66(75-87-47-22-4-5-23-48(47)88-75)70(79-95-55-30-12-13-31-56(55)96-79)71(80-97-57-32-14-15-33-58(57)98-80)67(44)76-89-49-24-6-7-25-50(49)90-76/h1-42H. The van der Waals surface area contributed by atoms with Crippen LogP contribution in [0.25, 0.3) is 5.57 Å². The van der Waals surface area contributed by atoms with E-state index in [1.54, 1.807) is 0 Å². The Bertz CT molecular complexity index is 5730. The van der Waals surface area contributed by atoms with Crippen LogP contribution in [0.1, 0.15) is 5.56 Å². The first kappa shape index (κ1) is 72.4. The molecule has 9 aromatic rings. The van der Waals surface area contributed by atoms with Crippen molar-refractivity contribution in [1.82, 2.24) is 0 Å². The molecule has 530 valence electrons. The van der Waals surface area contributed by atoms with Gasteiger partial charge in [0.2, 0.25) is 0 Å². The Kier molecular flexibility index (Phi) is 20.3. The summed E-state index contributed by atoms with van der Waals surface area (Å²) in [5.41, 5.74) is 16.1. The van der Waals surface area contributed by atoms with Crippen molar-refractivity contribution in [2.75, 3.05) is 0 Å². The van der Waals surface area contributed by atoms with Gasteiger partial charge in [0.25, 0.3) is 0 Å². The zero-order chi connectivity index (χ0) is 72.1. The number of hydrogen-bond donors (Lipinski definition) is 0. The molecule has 14 aliphatic rings. The minimum Gasteiger partial charge on any atom is -0.0809 e. The van der Waals surface area contributed by atoms with E-state index >= 15 is 0 Å². The zero-order valence-electron chi connectivity index (χ0n) is 56.0. The molecular formula is C86H42S24. The number of allylic oxidation sites excluding steroid dienone is 16. The fraction of sp³-hybridized carbons (Fsp3) is 0. The lowest BCUT2D eigenvalue weighted by Gasteiger charge is -2.12. The lowest BCUT2D eigenvalue weighted by molar-refractivity contribution is 1.27. The highest BCUT2D eigenvalue weighted by atomic mass is 32.3. The van der Waals surface area contributed by atoms with Gasteiger partial charge in [0.1, 0.15) is 0 Å². The van der Waals surface area contributed by atoms with Gasteiger partial charge >= 0.3 is 0 Å². The van der Waals surface area contributed by atoms with E-state index in [4.69, 9.17) is 0 Å². The van der Waals surface area contributed by atoms with Crippen LogP contribution in [0, 0.1) is 0 Å². The highest BCUT2D eigenvalue weighted by molar-refractivity contribution is 8.49. The van der Waals surface area contributed by atoms with Crippen molar-refractivity contribution in [3.05, 3.63) is 384 Å². The van der Waals surface area contributed by atoms with Gasteiger partial charge < -0.3 is 0 Å². The fourth-order valence-electron chi connectivity index (χ4n) is 13.6. The van der Waals surface area contributed by atoms with Crippen LogP contribution in [0.4, 0.5) is 0 Å². The topological polar surface area (TPSA) is 0 Å².